The van der Waals surface area contributed by atoms with Crippen molar-refractivity contribution in [2.45, 2.75) is 12.3 Å². The molecule has 0 saturated carbocycles. The first-order chi connectivity index (χ1) is 13.4. The number of nitrogens with zero attached hydrogens (tertiary/aromatic N) is 3. The Morgan fingerprint density at radius 2 is 1.46 bits per heavy atom. The molecule has 2 unspecified atom stereocenters. The second-order valence-corrected chi connectivity index (χ2v) is 10.3. The molecule has 28 heavy (non-hydrogen) atoms. The molecule has 2 aliphatic heterocycles. The van der Waals surface area contributed by atoms with Gasteiger partial charge < -0.3 is 4.90 Å². The quantitative estimate of drug-likeness (QED) is 0.749. The van der Waals surface area contributed by atoms with Crippen LogP contribution in [0.15, 0.2) is 54.6 Å². The second-order valence-electron chi connectivity index (χ2n) is 8.33. The summed E-state index contributed by atoms with van der Waals surface area (Å²) in [5, 5.41) is 0. The number of sulfonamides is 1. The van der Waals surface area contributed by atoms with E-state index in [-0.39, 0.29) is 5.75 Å². The Labute approximate surface area is 168 Å². The Kier molecular flexibility index (Phi) is 5.45. The Balaban J connectivity index is 1.33. The largest absolute Gasteiger partial charge is 0.378 e. The first kappa shape index (κ1) is 19.4. The molecule has 0 amide bonds. The third kappa shape index (κ3) is 4.24. The van der Waals surface area contributed by atoms with Crippen LogP contribution in [0.2, 0.25) is 0 Å². The monoisotopic (exact) mass is 399 g/mol. The van der Waals surface area contributed by atoms with Crippen LogP contribution >= 0.6 is 0 Å². The van der Waals surface area contributed by atoms with Crippen molar-refractivity contribution in [2.24, 2.45) is 11.8 Å². The molecule has 0 aliphatic carbocycles. The van der Waals surface area contributed by atoms with Crippen LogP contribution in [0.25, 0.3) is 0 Å². The second kappa shape index (κ2) is 7.85. The van der Waals surface area contributed by atoms with E-state index in [9.17, 15) is 8.42 Å². The van der Waals surface area contributed by atoms with E-state index in [0.29, 0.717) is 24.9 Å². The van der Waals surface area contributed by atoms with Gasteiger partial charge in [0.05, 0.1) is 5.75 Å². The molecule has 2 heterocycles. The van der Waals surface area contributed by atoms with Crippen LogP contribution in [0.4, 0.5) is 5.69 Å². The minimum Gasteiger partial charge on any atom is -0.378 e. The van der Waals surface area contributed by atoms with E-state index in [4.69, 9.17) is 0 Å². The molecule has 0 N–H and O–H groups in total. The molecular formula is C22H29N3O2S. The highest BCUT2D eigenvalue weighted by Crippen LogP contribution is 2.34. The third-order valence-corrected chi connectivity index (χ3v) is 7.76. The standard InChI is InChI=1S/C22H29N3O2S/c1-23(2)22-10-8-18(9-11-22)12-24-13-20-15-25(16-21(20)14-24)28(26,27)17-19-6-4-3-5-7-19/h3-11,20-21H,12-17H2,1-2H3. The van der Waals surface area contributed by atoms with E-state index >= 15 is 0 Å². The van der Waals surface area contributed by atoms with Crippen molar-refractivity contribution in [3.8, 4) is 0 Å². The molecule has 0 aromatic heterocycles. The van der Waals surface area contributed by atoms with Crippen molar-refractivity contribution >= 4 is 15.7 Å². The van der Waals surface area contributed by atoms with Gasteiger partial charge in [-0.3, -0.25) is 4.90 Å². The van der Waals surface area contributed by atoms with Gasteiger partial charge in [0.1, 0.15) is 0 Å². The number of anilines is 1. The highest BCUT2D eigenvalue weighted by atomic mass is 32.2. The molecule has 2 atom stereocenters. The maximum absolute atomic E-state index is 12.8. The van der Waals surface area contributed by atoms with Crippen LogP contribution in [-0.2, 0) is 22.3 Å². The van der Waals surface area contributed by atoms with Crippen molar-refractivity contribution in [1.82, 2.24) is 9.21 Å². The predicted octanol–water partition coefficient (Wildman–Crippen LogP) is 2.65. The van der Waals surface area contributed by atoms with E-state index < -0.39 is 10.0 Å². The summed E-state index contributed by atoms with van der Waals surface area (Å²) in [6, 6.07) is 18.2. The molecule has 2 saturated heterocycles. The van der Waals surface area contributed by atoms with E-state index in [1.54, 1.807) is 4.31 Å². The lowest BCUT2D eigenvalue weighted by Gasteiger charge is -2.22. The van der Waals surface area contributed by atoms with Crippen molar-refractivity contribution in [1.29, 1.82) is 0 Å². The fourth-order valence-corrected chi connectivity index (χ4v) is 6.07. The first-order valence-corrected chi connectivity index (χ1v) is 11.5. The predicted molar refractivity (Wildman–Crippen MR) is 114 cm³/mol. The summed E-state index contributed by atoms with van der Waals surface area (Å²) in [4.78, 5) is 4.58. The van der Waals surface area contributed by atoms with E-state index in [0.717, 1.165) is 25.2 Å². The average molecular weight is 400 g/mol. The van der Waals surface area contributed by atoms with Crippen LogP contribution in [0.5, 0.6) is 0 Å². The highest BCUT2D eigenvalue weighted by molar-refractivity contribution is 7.88. The average Bonchev–Trinajstić information content (AvgIpc) is 3.22. The number of likely N-dealkylation sites (tertiary alicyclic amines) is 1. The fourth-order valence-electron chi connectivity index (χ4n) is 4.44. The van der Waals surface area contributed by atoms with Gasteiger partial charge in [-0.1, -0.05) is 42.5 Å². The zero-order valence-electron chi connectivity index (χ0n) is 16.7. The molecule has 0 bridgehead atoms. The molecule has 4 rings (SSSR count). The van der Waals surface area contributed by atoms with Crippen LogP contribution in [0, 0.1) is 11.8 Å². The van der Waals surface area contributed by atoms with Gasteiger partial charge in [-0.15, -0.1) is 0 Å². The van der Waals surface area contributed by atoms with Crippen LogP contribution in [-0.4, -0.2) is 57.9 Å². The van der Waals surface area contributed by atoms with Crippen LogP contribution in [0.3, 0.4) is 0 Å². The number of benzene rings is 2. The summed E-state index contributed by atoms with van der Waals surface area (Å²) in [6.45, 7) is 4.23. The topological polar surface area (TPSA) is 43.9 Å². The Morgan fingerprint density at radius 3 is 2.04 bits per heavy atom. The lowest BCUT2D eigenvalue weighted by molar-refractivity contribution is 0.289. The van der Waals surface area contributed by atoms with Crippen molar-refractivity contribution in [3.63, 3.8) is 0 Å². The lowest BCUT2D eigenvalue weighted by Crippen LogP contribution is -2.34. The molecule has 6 heteroatoms. The number of fused-ring (bicyclic) bond motifs is 1. The van der Waals surface area contributed by atoms with Crippen LogP contribution in [0.1, 0.15) is 11.1 Å². The maximum Gasteiger partial charge on any atom is 0.218 e. The van der Waals surface area contributed by atoms with Gasteiger partial charge in [0.15, 0.2) is 0 Å². The number of hydrogen-bond donors (Lipinski definition) is 0. The van der Waals surface area contributed by atoms with E-state index in [2.05, 4.69) is 34.1 Å². The summed E-state index contributed by atoms with van der Waals surface area (Å²) in [5.74, 6) is 1.01. The minimum atomic E-state index is -3.23. The maximum atomic E-state index is 12.8. The normalized spacial score (nSPS) is 23.1. The minimum absolute atomic E-state index is 0.106. The van der Waals surface area contributed by atoms with Gasteiger partial charge in [0.2, 0.25) is 10.0 Å². The third-order valence-electron chi connectivity index (χ3n) is 5.97. The molecular weight excluding hydrogens is 370 g/mol. The molecule has 2 aliphatic rings. The van der Waals surface area contributed by atoms with Crippen molar-refractivity contribution in [2.75, 3.05) is 45.2 Å². The molecule has 5 nitrogen and oxygen atoms in total. The zero-order chi connectivity index (χ0) is 19.7. The summed E-state index contributed by atoms with van der Waals surface area (Å²) in [6.07, 6.45) is 0. The Bertz CT molecular complexity index is 883. The van der Waals surface area contributed by atoms with Gasteiger partial charge in [-0.05, 0) is 35.1 Å². The number of hydrogen-bond acceptors (Lipinski definition) is 4. The summed E-state index contributed by atoms with van der Waals surface area (Å²) >= 11 is 0. The van der Waals surface area contributed by atoms with Gasteiger partial charge in [-0.2, -0.15) is 0 Å². The molecule has 2 fully saturated rings. The Morgan fingerprint density at radius 1 is 0.857 bits per heavy atom. The number of rotatable bonds is 6. The molecule has 150 valence electrons. The molecule has 0 spiro atoms. The molecule has 2 aromatic rings. The SMILES string of the molecule is CN(C)c1ccc(CN2CC3CN(S(=O)(=O)Cc4ccccc4)CC3C2)cc1. The molecule has 2 aromatic carbocycles. The van der Waals surface area contributed by atoms with Gasteiger partial charge in [0.25, 0.3) is 0 Å². The fraction of sp³-hybridized carbons (Fsp3) is 0.455. The van der Waals surface area contributed by atoms with Gasteiger partial charge in [0, 0.05) is 52.5 Å². The van der Waals surface area contributed by atoms with E-state index in [1.807, 2.05) is 44.4 Å². The first-order valence-electron chi connectivity index (χ1n) is 9.91. The molecule has 0 radical (unpaired) electrons. The summed E-state index contributed by atoms with van der Waals surface area (Å²) in [7, 11) is 0.866. The summed E-state index contributed by atoms with van der Waals surface area (Å²) in [5.41, 5.74) is 3.39. The smallest absolute Gasteiger partial charge is 0.218 e. The van der Waals surface area contributed by atoms with Crippen LogP contribution < -0.4 is 4.90 Å². The van der Waals surface area contributed by atoms with Crippen molar-refractivity contribution in [3.05, 3.63) is 65.7 Å². The van der Waals surface area contributed by atoms with Crippen molar-refractivity contribution < 1.29 is 8.42 Å². The zero-order valence-corrected chi connectivity index (χ0v) is 17.5. The highest BCUT2D eigenvalue weighted by Gasteiger charge is 2.43. The lowest BCUT2D eigenvalue weighted by atomic mass is 10.0. The van der Waals surface area contributed by atoms with E-state index in [1.165, 1.54) is 11.3 Å². The van der Waals surface area contributed by atoms with Gasteiger partial charge >= 0.3 is 0 Å². The summed E-state index contributed by atoms with van der Waals surface area (Å²) < 4.78 is 27.3. The van der Waals surface area contributed by atoms with Gasteiger partial charge in [-0.25, -0.2) is 12.7 Å². The Hall–Kier alpha value is -1.89.